The van der Waals surface area contributed by atoms with E-state index in [1.807, 2.05) is 41.8 Å². The molecule has 2 aliphatic rings. The summed E-state index contributed by atoms with van der Waals surface area (Å²) < 4.78 is 59.8. The maximum Gasteiger partial charge on any atom is 0.269 e. The largest absolute Gasteiger partial charge is 0.496 e. The molecule has 17 nitrogen and oxygen atoms in total. The van der Waals surface area contributed by atoms with Gasteiger partial charge in [0, 0.05) is 106 Å². The number of non-ortho nitro benzene ring substituents is 2. The molecule has 2 saturated heterocycles. The number of aromatic nitrogens is 2. The van der Waals surface area contributed by atoms with Crippen LogP contribution in [-0.4, -0.2) is 105 Å². The minimum atomic E-state index is -3.70. The summed E-state index contributed by atoms with van der Waals surface area (Å²) in [5.41, 5.74) is 5.23. The molecule has 63 heavy (non-hydrogen) atoms. The lowest BCUT2D eigenvalue weighted by Crippen LogP contribution is -2.48. The minimum absolute atomic E-state index is 0.0601. The van der Waals surface area contributed by atoms with Crippen molar-refractivity contribution in [2.45, 2.75) is 29.6 Å². The van der Waals surface area contributed by atoms with Crippen LogP contribution in [-0.2, 0) is 32.9 Å². The van der Waals surface area contributed by atoms with Crippen LogP contribution in [0.5, 0.6) is 5.75 Å². The number of ether oxygens (including phenoxy) is 1. The number of sulfonamides is 2. The number of methoxy groups -OCH3 is 1. The molecule has 0 radical (unpaired) electrons. The van der Waals surface area contributed by atoms with Crippen LogP contribution in [0.15, 0.2) is 118 Å². The summed E-state index contributed by atoms with van der Waals surface area (Å²) in [4.78, 5) is 34.3. The van der Waals surface area contributed by atoms with Crippen LogP contribution in [0.3, 0.4) is 0 Å². The van der Waals surface area contributed by atoms with Crippen molar-refractivity contribution in [2.24, 2.45) is 0 Å². The standard InChI is InChI=1S/C21H22N4O5S2.C21H22N4O4S2/c1-30-20-5-3-2-4-16(20)14-17-15-31-21(22-17)23-10-12-24(13-11-23)32(28,29)19-8-6-18(7-9-19)25(26)27;1-16-4-2-3-5-17(16)14-18-15-30-21(22-18)23-10-12-24(13-11-23)31(28,29)20-8-6-19(7-9-20)25(26)27/h2-9,15H,10-14H2,1H3;2-9,15H,10-14H2,1H3. The fourth-order valence-corrected chi connectivity index (χ4v) is 11.7. The number of rotatable bonds is 13. The van der Waals surface area contributed by atoms with Crippen molar-refractivity contribution in [2.75, 3.05) is 69.3 Å². The molecule has 0 saturated carbocycles. The van der Waals surface area contributed by atoms with Gasteiger partial charge >= 0.3 is 0 Å². The molecule has 0 N–H and O–H groups in total. The Morgan fingerprint density at radius 1 is 0.587 bits per heavy atom. The van der Waals surface area contributed by atoms with Crippen molar-refractivity contribution < 1.29 is 31.4 Å². The predicted octanol–water partition coefficient (Wildman–Crippen LogP) is 6.62. The Labute approximate surface area is 373 Å². The fourth-order valence-electron chi connectivity index (χ4n) is 7.11. The number of nitro benzene ring substituents is 2. The molecule has 330 valence electrons. The normalized spacial score (nSPS) is 15.1. The number of anilines is 2. The second-order valence-corrected chi connectivity index (χ2v) is 20.2. The number of benzene rings is 4. The molecule has 0 bridgehead atoms. The van der Waals surface area contributed by atoms with Gasteiger partial charge in [-0.1, -0.05) is 42.5 Å². The monoisotopic (exact) mass is 932 g/mol. The van der Waals surface area contributed by atoms with Gasteiger partial charge in [0.1, 0.15) is 5.75 Å². The highest BCUT2D eigenvalue weighted by Crippen LogP contribution is 2.29. The van der Waals surface area contributed by atoms with Gasteiger partial charge in [-0.3, -0.25) is 20.2 Å². The Morgan fingerprint density at radius 2 is 0.984 bits per heavy atom. The molecule has 0 atom stereocenters. The van der Waals surface area contributed by atoms with E-state index in [9.17, 15) is 37.1 Å². The van der Waals surface area contributed by atoms with Gasteiger partial charge in [-0.05, 0) is 48.4 Å². The lowest BCUT2D eigenvalue weighted by atomic mass is 10.1. The maximum atomic E-state index is 12.9. The van der Waals surface area contributed by atoms with Gasteiger partial charge in [-0.25, -0.2) is 26.8 Å². The van der Waals surface area contributed by atoms with Crippen LogP contribution in [0.4, 0.5) is 21.6 Å². The number of nitro groups is 2. The van der Waals surface area contributed by atoms with E-state index in [0.717, 1.165) is 39.4 Å². The zero-order chi connectivity index (χ0) is 44.7. The molecule has 8 rings (SSSR count). The molecule has 4 heterocycles. The third-order valence-electron chi connectivity index (χ3n) is 10.7. The first-order valence-corrected chi connectivity index (χ1v) is 24.4. The summed E-state index contributed by atoms with van der Waals surface area (Å²) in [6.07, 6.45) is 1.44. The first-order chi connectivity index (χ1) is 30.2. The van der Waals surface area contributed by atoms with Gasteiger partial charge in [0.2, 0.25) is 20.0 Å². The van der Waals surface area contributed by atoms with Crippen molar-refractivity contribution in [3.05, 3.63) is 156 Å². The Bertz CT molecular complexity index is 2770. The van der Waals surface area contributed by atoms with E-state index >= 15 is 0 Å². The molecule has 0 unspecified atom stereocenters. The zero-order valence-electron chi connectivity index (χ0n) is 34.3. The van der Waals surface area contributed by atoms with E-state index in [2.05, 4.69) is 34.2 Å². The van der Waals surface area contributed by atoms with E-state index < -0.39 is 29.9 Å². The molecule has 4 aromatic carbocycles. The second-order valence-electron chi connectivity index (χ2n) is 14.6. The van der Waals surface area contributed by atoms with E-state index in [-0.39, 0.29) is 21.2 Å². The third kappa shape index (κ3) is 10.7. The van der Waals surface area contributed by atoms with E-state index in [0.29, 0.717) is 58.8 Å². The number of hydrogen-bond acceptors (Lipinski definition) is 15. The number of aryl methyl sites for hydroxylation is 1. The van der Waals surface area contributed by atoms with Crippen molar-refractivity contribution in [1.29, 1.82) is 0 Å². The summed E-state index contributed by atoms with van der Waals surface area (Å²) in [6, 6.07) is 26.1. The number of para-hydroxylation sites is 1. The predicted molar refractivity (Wildman–Crippen MR) is 242 cm³/mol. The van der Waals surface area contributed by atoms with Crippen molar-refractivity contribution >= 4 is 64.4 Å². The summed E-state index contributed by atoms with van der Waals surface area (Å²) in [5, 5.41) is 27.4. The van der Waals surface area contributed by atoms with E-state index in [1.54, 1.807) is 29.8 Å². The SMILES string of the molecule is COc1ccccc1Cc1csc(N2CCN(S(=O)(=O)c3ccc([N+](=O)[O-])cc3)CC2)n1.Cc1ccccc1Cc1csc(N2CCN(S(=O)(=O)c3ccc([N+](=O)[O-])cc3)CC2)n1. The highest BCUT2D eigenvalue weighted by atomic mass is 32.2. The summed E-state index contributed by atoms with van der Waals surface area (Å²) in [5.74, 6) is 0.826. The topological polar surface area (TPSA) is 203 Å². The Kier molecular flexibility index (Phi) is 14.1. The van der Waals surface area contributed by atoms with E-state index in [1.165, 1.54) is 68.3 Å². The molecule has 2 fully saturated rings. The van der Waals surface area contributed by atoms with Gasteiger partial charge < -0.3 is 14.5 Å². The van der Waals surface area contributed by atoms with Crippen LogP contribution in [0, 0.1) is 27.2 Å². The molecule has 0 aliphatic carbocycles. The summed E-state index contributed by atoms with van der Waals surface area (Å²) >= 11 is 3.11. The lowest BCUT2D eigenvalue weighted by Gasteiger charge is -2.33. The Hall–Kier alpha value is -5.84. The average molecular weight is 933 g/mol. The first-order valence-electron chi connectivity index (χ1n) is 19.8. The maximum absolute atomic E-state index is 12.9. The van der Waals surface area contributed by atoms with Gasteiger partial charge in [-0.2, -0.15) is 8.61 Å². The van der Waals surface area contributed by atoms with Crippen LogP contribution in [0.2, 0.25) is 0 Å². The highest BCUT2D eigenvalue weighted by Gasteiger charge is 2.31. The summed E-state index contributed by atoms with van der Waals surface area (Å²) in [6.45, 7) is 5.54. The van der Waals surface area contributed by atoms with Crippen LogP contribution in [0.25, 0.3) is 0 Å². The van der Waals surface area contributed by atoms with Gasteiger partial charge in [-0.15, -0.1) is 22.7 Å². The fraction of sp³-hybridized carbons (Fsp3) is 0.286. The van der Waals surface area contributed by atoms with Crippen molar-refractivity contribution in [3.63, 3.8) is 0 Å². The quantitative estimate of drug-likeness (QED) is 0.0884. The highest BCUT2D eigenvalue weighted by molar-refractivity contribution is 7.89. The zero-order valence-corrected chi connectivity index (χ0v) is 37.6. The van der Waals surface area contributed by atoms with Crippen molar-refractivity contribution in [3.8, 4) is 5.75 Å². The number of piperazine rings is 2. The Balaban J connectivity index is 0.000000189. The number of nitrogens with zero attached hydrogens (tertiary/aromatic N) is 8. The molecule has 0 spiro atoms. The summed E-state index contributed by atoms with van der Waals surface area (Å²) in [7, 11) is -5.74. The average Bonchev–Trinajstić information content (AvgIpc) is 3.98. The van der Waals surface area contributed by atoms with Gasteiger partial charge in [0.15, 0.2) is 10.3 Å². The molecule has 2 aromatic heterocycles. The van der Waals surface area contributed by atoms with Crippen LogP contribution in [0.1, 0.15) is 28.1 Å². The number of hydrogen-bond donors (Lipinski definition) is 0. The third-order valence-corrected chi connectivity index (χ3v) is 16.4. The second kappa shape index (κ2) is 19.7. The Morgan fingerprint density at radius 3 is 1.40 bits per heavy atom. The molecular weight excluding hydrogens is 889 g/mol. The molecule has 0 amide bonds. The molecule has 6 aromatic rings. The lowest BCUT2D eigenvalue weighted by molar-refractivity contribution is -0.385. The number of thiazole rings is 2. The van der Waals surface area contributed by atoms with Crippen molar-refractivity contribution in [1.82, 2.24) is 18.6 Å². The van der Waals surface area contributed by atoms with Crippen LogP contribution >= 0.6 is 22.7 Å². The molecular formula is C42H44N8O9S4. The van der Waals surface area contributed by atoms with Crippen LogP contribution < -0.4 is 14.5 Å². The minimum Gasteiger partial charge on any atom is -0.496 e. The molecule has 2 aliphatic heterocycles. The van der Waals surface area contributed by atoms with Gasteiger partial charge in [0.25, 0.3) is 11.4 Å². The van der Waals surface area contributed by atoms with E-state index in [4.69, 9.17) is 14.7 Å². The van der Waals surface area contributed by atoms with Gasteiger partial charge in [0.05, 0.1) is 38.1 Å². The smallest absolute Gasteiger partial charge is 0.269 e. The molecule has 21 heteroatoms. The first kappa shape index (κ1) is 45.2.